The van der Waals surface area contributed by atoms with Gasteiger partial charge < -0.3 is 10.4 Å². The highest BCUT2D eigenvalue weighted by molar-refractivity contribution is 6.34. The molecule has 0 unspecified atom stereocenters. The normalized spacial score (nSPS) is 18.4. The van der Waals surface area contributed by atoms with Gasteiger partial charge in [-0.05, 0) is 31.4 Å². The van der Waals surface area contributed by atoms with Gasteiger partial charge in [0.2, 0.25) is 0 Å². The molecule has 0 spiro atoms. The summed E-state index contributed by atoms with van der Waals surface area (Å²) in [5.74, 6) is -0.212. The Morgan fingerprint density at radius 2 is 1.95 bits per heavy atom. The summed E-state index contributed by atoms with van der Waals surface area (Å²) in [6.45, 7) is 2.17. The highest BCUT2D eigenvalue weighted by atomic mass is 35.5. The Bertz CT molecular complexity index is 479. The Kier molecular flexibility index (Phi) is 5.06. The summed E-state index contributed by atoms with van der Waals surface area (Å²) < 4.78 is 0. The van der Waals surface area contributed by atoms with Crippen LogP contribution in [-0.4, -0.2) is 23.2 Å². The molecule has 2 rings (SSSR count). The zero-order valence-corrected chi connectivity index (χ0v) is 12.7. The lowest BCUT2D eigenvalue weighted by Gasteiger charge is -2.26. The van der Waals surface area contributed by atoms with E-state index in [0.29, 0.717) is 17.1 Å². The van der Waals surface area contributed by atoms with Crippen molar-refractivity contribution in [2.45, 2.75) is 51.0 Å². The fourth-order valence-corrected chi connectivity index (χ4v) is 2.94. The van der Waals surface area contributed by atoms with Gasteiger partial charge >= 0.3 is 0 Å². The monoisotopic (exact) mass is 295 g/mol. The summed E-state index contributed by atoms with van der Waals surface area (Å²) in [4.78, 5) is 12.2. The molecule has 0 radical (unpaired) electrons. The van der Waals surface area contributed by atoms with Gasteiger partial charge in [0, 0.05) is 6.54 Å². The van der Waals surface area contributed by atoms with Crippen LogP contribution in [0.25, 0.3) is 0 Å². The summed E-state index contributed by atoms with van der Waals surface area (Å²) in [5.41, 5.74) is 0.596. The van der Waals surface area contributed by atoms with E-state index in [1.54, 1.807) is 6.07 Å². The van der Waals surface area contributed by atoms with Gasteiger partial charge in [-0.1, -0.05) is 49.4 Å². The summed E-state index contributed by atoms with van der Waals surface area (Å²) in [6.07, 6.45) is 5.90. The molecule has 0 saturated heterocycles. The van der Waals surface area contributed by atoms with E-state index in [4.69, 9.17) is 11.6 Å². The number of benzene rings is 1. The van der Waals surface area contributed by atoms with Crippen molar-refractivity contribution < 1.29 is 9.90 Å². The second-order valence-corrected chi connectivity index (χ2v) is 6.14. The van der Waals surface area contributed by atoms with Crippen LogP contribution in [0.1, 0.15) is 54.4 Å². The van der Waals surface area contributed by atoms with E-state index in [9.17, 15) is 9.90 Å². The van der Waals surface area contributed by atoms with Crippen LogP contribution in [0.5, 0.6) is 0 Å². The molecule has 0 heterocycles. The first kappa shape index (κ1) is 15.3. The maximum Gasteiger partial charge on any atom is 0.252 e. The van der Waals surface area contributed by atoms with Gasteiger partial charge in [-0.25, -0.2) is 0 Å². The van der Waals surface area contributed by atoms with Crippen LogP contribution in [0.3, 0.4) is 0 Å². The summed E-state index contributed by atoms with van der Waals surface area (Å²) in [6, 6.07) is 5.40. The number of hydrogen-bond acceptors (Lipinski definition) is 2. The van der Waals surface area contributed by atoms with Gasteiger partial charge in [-0.2, -0.15) is 0 Å². The first-order valence-electron chi connectivity index (χ1n) is 7.27. The smallest absolute Gasteiger partial charge is 0.252 e. The number of carbonyl (C=O) groups excluding carboxylic acids is 1. The highest BCUT2D eigenvalue weighted by Gasteiger charge is 2.28. The Hall–Kier alpha value is -1.06. The molecule has 20 heavy (non-hydrogen) atoms. The van der Waals surface area contributed by atoms with Gasteiger partial charge in [-0.3, -0.25) is 4.79 Å². The minimum Gasteiger partial charge on any atom is -0.388 e. The predicted octanol–water partition coefficient (Wildman–Crippen LogP) is 3.46. The molecule has 0 aromatic heterocycles. The molecule has 1 aromatic rings. The van der Waals surface area contributed by atoms with E-state index < -0.39 is 5.60 Å². The number of carbonyl (C=O) groups is 1. The Morgan fingerprint density at radius 3 is 2.60 bits per heavy atom. The molecule has 110 valence electrons. The first-order valence-corrected chi connectivity index (χ1v) is 7.65. The van der Waals surface area contributed by atoms with E-state index in [0.717, 1.165) is 31.2 Å². The minimum atomic E-state index is -0.761. The van der Waals surface area contributed by atoms with Crippen LogP contribution in [-0.2, 0) is 0 Å². The second-order valence-electron chi connectivity index (χ2n) is 5.76. The molecule has 2 N–H and O–H groups in total. The predicted molar refractivity (Wildman–Crippen MR) is 81.2 cm³/mol. The zero-order valence-electron chi connectivity index (χ0n) is 11.9. The van der Waals surface area contributed by atoms with Crippen LogP contribution in [0, 0.1) is 6.92 Å². The third-order valence-corrected chi connectivity index (χ3v) is 4.55. The summed E-state index contributed by atoms with van der Waals surface area (Å²) >= 11 is 6.15. The van der Waals surface area contributed by atoms with Crippen LogP contribution < -0.4 is 5.32 Å². The molecular formula is C16H22ClNO2. The Labute approximate surface area is 125 Å². The lowest BCUT2D eigenvalue weighted by atomic mass is 9.94. The lowest BCUT2D eigenvalue weighted by Crippen LogP contribution is -2.42. The highest BCUT2D eigenvalue weighted by Crippen LogP contribution is 2.26. The van der Waals surface area contributed by atoms with Crippen molar-refractivity contribution in [3.8, 4) is 0 Å². The summed E-state index contributed by atoms with van der Waals surface area (Å²) in [5, 5.41) is 13.8. The first-order chi connectivity index (χ1) is 9.52. The van der Waals surface area contributed by atoms with E-state index in [-0.39, 0.29) is 5.91 Å². The number of amides is 1. The van der Waals surface area contributed by atoms with Gasteiger partial charge in [-0.15, -0.1) is 0 Å². The van der Waals surface area contributed by atoms with Gasteiger partial charge in [0.1, 0.15) is 0 Å². The number of nitrogens with one attached hydrogen (secondary N) is 1. The molecule has 0 aliphatic heterocycles. The van der Waals surface area contributed by atoms with Crippen molar-refractivity contribution in [3.63, 3.8) is 0 Å². The molecule has 1 aliphatic rings. The fraction of sp³-hybridized carbons (Fsp3) is 0.562. The number of hydrogen-bond donors (Lipinski definition) is 2. The fourth-order valence-electron chi connectivity index (χ4n) is 2.73. The number of aliphatic hydroxyl groups is 1. The van der Waals surface area contributed by atoms with Gasteiger partial charge in [0.05, 0.1) is 16.2 Å². The van der Waals surface area contributed by atoms with E-state index in [2.05, 4.69) is 5.32 Å². The third kappa shape index (κ3) is 3.74. The molecule has 1 amide bonds. The maximum atomic E-state index is 12.2. The average molecular weight is 296 g/mol. The molecule has 1 aromatic carbocycles. The van der Waals surface area contributed by atoms with Crippen LogP contribution in [0.4, 0.5) is 0 Å². The van der Waals surface area contributed by atoms with Crippen molar-refractivity contribution in [2.24, 2.45) is 0 Å². The standard InChI is InChI=1S/C16H22ClNO2/c1-12-7-6-8-13(14(12)17)15(19)18-11-16(20)9-4-2-3-5-10-16/h6-8,20H,2-5,9-11H2,1H3,(H,18,19). The zero-order chi connectivity index (χ0) is 14.6. The van der Waals surface area contributed by atoms with Crippen LogP contribution in [0.15, 0.2) is 18.2 Å². The van der Waals surface area contributed by atoms with E-state index in [1.807, 2.05) is 19.1 Å². The molecule has 3 nitrogen and oxygen atoms in total. The quantitative estimate of drug-likeness (QED) is 0.839. The lowest BCUT2D eigenvalue weighted by molar-refractivity contribution is 0.0246. The Balaban J connectivity index is 1.99. The van der Waals surface area contributed by atoms with Crippen molar-refractivity contribution in [1.82, 2.24) is 5.32 Å². The number of rotatable bonds is 3. The van der Waals surface area contributed by atoms with Crippen molar-refractivity contribution in [2.75, 3.05) is 6.54 Å². The number of aryl methyl sites for hydroxylation is 1. The molecule has 1 fully saturated rings. The van der Waals surface area contributed by atoms with Crippen molar-refractivity contribution in [3.05, 3.63) is 34.3 Å². The SMILES string of the molecule is Cc1cccc(C(=O)NCC2(O)CCCCCC2)c1Cl. The van der Waals surface area contributed by atoms with Gasteiger partial charge in [0.25, 0.3) is 5.91 Å². The van der Waals surface area contributed by atoms with Gasteiger partial charge in [0.15, 0.2) is 0 Å². The second kappa shape index (κ2) is 6.59. The molecule has 0 bridgehead atoms. The topological polar surface area (TPSA) is 49.3 Å². The average Bonchev–Trinajstić information content (AvgIpc) is 2.65. The van der Waals surface area contributed by atoms with Crippen LogP contribution in [0.2, 0.25) is 5.02 Å². The largest absolute Gasteiger partial charge is 0.388 e. The van der Waals surface area contributed by atoms with E-state index in [1.165, 1.54) is 12.8 Å². The minimum absolute atomic E-state index is 0.212. The number of halogens is 1. The Morgan fingerprint density at radius 1 is 1.30 bits per heavy atom. The van der Waals surface area contributed by atoms with E-state index >= 15 is 0 Å². The maximum absolute atomic E-state index is 12.2. The molecule has 0 atom stereocenters. The third-order valence-electron chi connectivity index (χ3n) is 4.05. The summed E-state index contributed by atoms with van der Waals surface area (Å²) in [7, 11) is 0. The van der Waals surface area contributed by atoms with Crippen molar-refractivity contribution in [1.29, 1.82) is 0 Å². The molecule has 1 saturated carbocycles. The van der Waals surface area contributed by atoms with Crippen LogP contribution >= 0.6 is 11.6 Å². The van der Waals surface area contributed by atoms with Crippen molar-refractivity contribution >= 4 is 17.5 Å². The molecule has 4 heteroatoms. The molecular weight excluding hydrogens is 274 g/mol. The molecule has 1 aliphatic carbocycles.